The summed E-state index contributed by atoms with van der Waals surface area (Å²) in [4.78, 5) is 0. The first-order chi connectivity index (χ1) is 26.8. The second-order valence-electron chi connectivity index (χ2n) is 13.4. The molecule has 8 aromatic carbocycles. The minimum atomic E-state index is -3.54. The average molecular weight is 795 g/mol. The number of hydrogen-bond donors (Lipinski definition) is 0. The highest BCUT2D eigenvalue weighted by Crippen LogP contribution is 2.51. The first kappa shape index (κ1) is 37.3. The Bertz CT molecular complexity index is 2680. The van der Waals surface area contributed by atoms with E-state index in [4.69, 9.17) is 0 Å². The first-order valence-electron chi connectivity index (χ1n) is 17.2. The van der Waals surface area contributed by atoms with Crippen LogP contribution >= 0.6 is 13.8 Å². The van der Waals surface area contributed by atoms with E-state index in [1.54, 1.807) is 24.3 Å². The smallest absolute Gasteiger partial charge is 0.159 e. The maximum atomic E-state index is 15.2. The van der Waals surface area contributed by atoms with Crippen LogP contribution < -0.4 is 31.8 Å². The second kappa shape index (κ2) is 14.1. The zero-order valence-corrected chi connectivity index (χ0v) is 31.0. The van der Waals surface area contributed by atoms with Gasteiger partial charge in [0, 0.05) is 0 Å². The molecule has 0 saturated heterocycles. The van der Waals surface area contributed by atoms with Crippen LogP contribution in [0.25, 0.3) is 32.7 Å². The van der Waals surface area contributed by atoms with Crippen molar-refractivity contribution in [2.45, 2.75) is 0 Å². The van der Waals surface area contributed by atoms with Gasteiger partial charge in [0.2, 0.25) is 0 Å². The SMILES string of the molecule is C=P(c1ccc(F)c(F)c1)(c1ccc(F)c(F)c1)c1ccc2ccccc2c1-c1c(P(=C)(c2ccc(F)c(F)c2)c2ccc(F)c(F)c2)ccc2ccccc12. The minimum Gasteiger partial charge on any atom is -0.204 e. The Morgan fingerprint density at radius 1 is 0.304 bits per heavy atom. The molecule has 0 N–H and O–H groups in total. The zero-order valence-electron chi connectivity index (χ0n) is 29.2. The third kappa shape index (κ3) is 6.00. The van der Waals surface area contributed by atoms with E-state index in [1.807, 2.05) is 48.5 Å². The monoisotopic (exact) mass is 794 g/mol. The summed E-state index contributed by atoms with van der Waals surface area (Å²) in [5, 5.41) is 4.49. The van der Waals surface area contributed by atoms with Crippen LogP contribution in [0, 0.1) is 46.5 Å². The highest BCUT2D eigenvalue weighted by molar-refractivity contribution is 7.94. The van der Waals surface area contributed by atoms with Crippen LogP contribution in [-0.2, 0) is 0 Å². The Kier molecular flexibility index (Phi) is 9.39. The molecule has 8 rings (SSSR count). The van der Waals surface area contributed by atoms with Gasteiger partial charge in [-0.2, -0.15) is 0 Å². The average Bonchev–Trinajstić information content (AvgIpc) is 3.20. The number of benzene rings is 8. The lowest BCUT2D eigenvalue weighted by atomic mass is 9.93. The molecule has 0 aromatic heterocycles. The summed E-state index contributed by atoms with van der Waals surface area (Å²) in [6.07, 6.45) is 9.38. The molecule has 0 aliphatic carbocycles. The standard InChI is InChI=1S/C46H28F8P2/c1-55(29-13-17-35(47)39(51)23-29,30-14-18-36(48)40(52)24-30)43-21-11-27-7-3-5-9-33(27)45(43)46-34-10-6-4-8-28(34)12-22-44(46)56(2,31-15-19-37(49)41(53)25-31)32-16-20-38(50)42(54)26-32/h3-26H,1-2H2. The third-order valence-corrected chi connectivity index (χ3v) is 17.3. The van der Waals surface area contributed by atoms with Crippen molar-refractivity contribution in [3.05, 3.63) is 192 Å². The van der Waals surface area contributed by atoms with Crippen molar-refractivity contribution >= 4 is 79.7 Å². The molecule has 0 aliphatic rings. The van der Waals surface area contributed by atoms with E-state index in [0.29, 0.717) is 32.5 Å². The molecule has 0 aliphatic heterocycles. The summed E-state index contributed by atoms with van der Waals surface area (Å²) in [5.41, 5.74) is 1.01. The number of hydrogen-bond acceptors (Lipinski definition) is 0. The Morgan fingerprint density at radius 3 is 0.875 bits per heavy atom. The van der Waals surface area contributed by atoms with Gasteiger partial charge in [-0.3, -0.25) is 0 Å². The van der Waals surface area contributed by atoms with Crippen molar-refractivity contribution in [1.29, 1.82) is 0 Å². The van der Waals surface area contributed by atoms with E-state index in [2.05, 4.69) is 12.6 Å². The first-order valence-corrected chi connectivity index (χ1v) is 21.1. The summed E-state index contributed by atoms with van der Waals surface area (Å²) >= 11 is 0. The highest BCUT2D eigenvalue weighted by atomic mass is 31.2. The van der Waals surface area contributed by atoms with Crippen LogP contribution in [0.1, 0.15) is 0 Å². The van der Waals surface area contributed by atoms with Gasteiger partial charge in [-0.1, -0.05) is 110 Å². The van der Waals surface area contributed by atoms with E-state index in [9.17, 15) is 17.6 Å². The van der Waals surface area contributed by atoms with Crippen LogP contribution in [0.5, 0.6) is 0 Å². The molecule has 0 amide bonds. The van der Waals surface area contributed by atoms with Gasteiger partial charge in [0.15, 0.2) is 46.5 Å². The van der Waals surface area contributed by atoms with E-state index < -0.39 is 60.3 Å². The van der Waals surface area contributed by atoms with E-state index in [1.165, 1.54) is 24.3 Å². The predicted molar refractivity (Wildman–Crippen MR) is 218 cm³/mol. The molecule has 0 bridgehead atoms. The summed E-state index contributed by atoms with van der Waals surface area (Å²) in [6.45, 7) is -7.08. The maximum absolute atomic E-state index is 15.2. The molecule has 0 fully saturated rings. The van der Waals surface area contributed by atoms with Gasteiger partial charge in [-0.25, -0.2) is 35.1 Å². The van der Waals surface area contributed by atoms with E-state index >= 15 is 17.6 Å². The molecule has 8 aromatic rings. The highest BCUT2D eigenvalue weighted by Gasteiger charge is 2.34. The van der Waals surface area contributed by atoms with Crippen molar-refractivity contribution in [2.75, 3.05) is 0 Å². The Morgan fingerprint density at radius 2 is 0.589 bits per heavy atom. The van der Waals surface area contributed by atoms with Crippen molar-refractivity contribution in [2.24, 2.45) is 0 Å². The molecule has 0 radical (unpaired) electrons. The number of rotatable bonds is 7. The van der Waals surface area contributed by atoms with Gasteiger partial charge in [0.05, 0.1) is 0 Å². The lowest BCUT2D eigenvalue weighted by molar-refractivity contribution is 0.509. The topological polar surface area (TPSA) is 0 Å². The fourth-order valence-corrected chi connectivity index (χ4v) is 13.7. The fourth-order valence-electron chi connectivity index (χ4n) is 7.43. The van der Waals surface area contributed by atoms with Crippen molar-refractivity contribution in [3.8, 4) is 11.1 Å². The van der Waals surface area contributed by atoms with Gasteiger partial charge in [0.25, 0.3) is 0 Å². The Hall–Kier alpha value is -5.68. The molecular formula is C46H28F8P2. The Labute approximate surface area is 317 Å². The zero-order chi connectivity index (χ0) is 39.5. The van der Waals surface area contributed by atoms with Crippen LogP contribution in [0.15, 0.2) is 146 Å². The molecular weight excluding hydrogens is 766 g/mol. The summed E-state index contributed by atoms with van der Waals surface area (Å²) in [6, 6.07) is 35.1. The molecule has 0 atom stereocenters. The van der Waals surface area contributed by atoms with E-state index in [0.717, 1.165) is 59.3 Å². The maximum Gasteiger partial charge on any atom is 0.159 e. The van der Waals surface area contributed by atoms with Crippen LogP contribution in [-0.4, -0.2) is 12.6 Å². The molecule has 0 nitrogen and oxygen atoms in total. The van der Waals surface area contributed by atoms with E-state index in [-0.39, 0.29) is 21.2 Å². The van der Waals surface area contributed by atoms with Gasteiger partial charge in [-0.05, 0) is 127 Å². The van der Waals surface area contributed by atoms with Gasteiger partial charge in [0.1, 0.15) is 0 Å². The lowest BCUT2D eigenvalue weighted by Crippen LogP contribution is -2.31. The Balaban J connectivity index is 1.60. The van der Waals surface area contributed by atoms with Gasteiger partial charge < -0.3 is 0 Å². The van der Waals surface area contributed by atoms with Crippen LogP contribution in [0.2, 0.25) is 0 Å². The van der Waals surface area contributed by atoms with Crippen LogP contribution in [0.4, 0.5) is 35.1 Å². The van der Waals surface area contributed by atoms with Crippen molar-refractivity contribution in [1.82, 2.24) is 0 Å². The number of halogens is 8. The third-order valence-electron chi connectivity index (χ3n) is 10.3. The largest absolute Gasteiger partial charge is 0.204 e. The fraction of sp³-hybridized carbons (Fsp3) is 0. The molecule has 0 spiro atoms. The molecule has 10 heteroatoms. The second-order valence-corrected chi connectivity index (χ2v) is 19.6. The van der Waals surface area contributed by atoms with Crippen molar-refractivity contribution < 1.29 is 35.1 Å². The summed E-state index contributed by atoms with van der Waals surface area (Å²) in [5.74, 6) is -9.18. The quantitative estimate of drug-likeness (QED) is 0.111. The summed E-state index contributed by atoms with van der Waals surface area (Å²) < 4.78 is 119. The minimum absolute atomic E-state index is 0.206. The molecule has 0 heterocycles. The summed E-state index contributed by atoms with van der Waals surface area (Å²) in [7, 11) is 0. The molecule has 0 saturated carbocycles. The molecule has 278 valence electrons. The molecule has 0 unspecified atom stereocenters. The van der Waals surface area contributed by atoms with Gasteiger partial charge in [-0.15, -0.1) is 0 Å². The van der Waals surface area contributed by atoms with Crippen molar-refractivity contribution in [3.63, 3.8) is 0 Å². The lowest BCUT2D eigenvalue weighted by Gasteiger charge is -2.34. The predicted octanol–water partition coefficient (Wildman–Crippen LogP) is 10.2. The van der Waals surface area contributed by atoms with Gasteiger partial charge >= 0.3 is 0 Å². The molecule has 56 heavy (non-hydrogen) atoms. The number of fused-ring (bicyclic) bond motifs is 2. The van der Waals surface area contributed by atoms with Crippen LogP contribution in [0.3, 0.4) is 0 Å². The normalized spacial score (nSPS) is 12.1.